The molecule has 0 aliphatic heterocycles. The van der Waals surface area contributed by atoms with Crippen molar-refractivity contribution in [3.63, 3.8) is 0 Å². The molecule has 0 saturated heterocycles. The summed E-state index contributed by atoms with van der Waals surface area (Å²) in [6, 6.07) is 7.93. The van der Waals surface area contributed by atoms with Crippen molar-refractivity contribution in [1.29, 1.82) is 0 Å². The summed E-state index contributed by atoms with van der Waals surface area (Å²) < 4.78 is 5.66. The highest BCUT2D eigenvalue weighted by molar-refractivity contribution is 6.00. The van der Waals surface area contributed by atoms with E-state index in [9.17, 15) is 4.79 Å². The summed E-state index contributed by atoms with van der Waals surface area (Å²) in [5, 5.41) is 0. The summed E-state index contributed by atoms with van der Waals surface area (Å²) in [6.07, 6.45) is 5.95. The Morgan fingerprint density at radius 1 is 1.22 bits per heavy atom. The summed E-state index contributed by atoms with van der Waals surface area (Å²) in [5.74, 6) is 1.17. The molecular weight excluding hydrogens is 224 g/mol. The van der Waals surface area contributed by atoms with Crippen LogP contribution in [0, 0.1) is 0 Å². The molecule has 96 valence electrons. The van der Waals surface area contributed by atoms with Gasteiger partial charge < -0.3 is 4.74 Å². The zero-order valence-corrected chi connectivity index (χ0v) is 11.1. The maximum atomic E-state index is 11.8. The molecule has 0 amide bonds. The molecule has 0 radical (unpaired) electrons. The fraction of sp³-hybridized carbons (Fsp3) is 0.438. The SMILES string of the molecule is CC(C)Oc1cccc(C=C2CCCCC2=O)c1. The lowest BCUT2D eigenvalue weighted by Crippen LogP contribution is -2.08. The van der Waals surface area contributed by atoms with Gasteiger partial charge in [0.2, 0.25) is 0 Å². The maximum Gasteiger partial charge on any atom is 0.158 e. The van der Waals surface area contributed by atoms with Crippen molar-refractivity contribution in [3.8, 4) is 5.75 Å². The predicted octanol–water partition coefficient (Wildman–Crippen LogP) is 4.00. The molecule has 2 heteroatoms. The van der Waals surface area contributed by atoms with E-state index in [2.05, 4.69) is 0 Å². The van der Waals surface area contributed by atoms with Crippen molar-refractivity contribution in [2.75, 3.05) is 0 Å². The molecule has 0 N–H and O–H groups in total. The first-order chi connectivity index (χ1) is 8.65. The van der Waals surface area contributed by atoms with Crippen LogP contribution in [0.2, 0.25) is 0 Å². The molecule has 0 bridgehead atoms. The first-order valence-corrected chi connectivity index (χ1v) is 6.65. The van der Waals surface area contributed by atoms with Crippen LogP contribution in [0.1, 0.15) is 45.1 Å². The van der Waals surface area contributed by atoms with Gasteiger partial charge in [-0.15, -0.1) is 0 Å². The minimum Gasteiger partial charge on any atom is -0.491 e. The number of benzene rings is 1. The van der Waals surface area contributed by atoms with Crippen molar-refractivity contribution < 1.29 is 9.53 Å². The molecule has 0 heterocycles. The van der Waals surface area contributed by atoms with Gasteiger partial charge in [0.15, 0.2) is 5.78 Å². The third kappa shape index (κ3) is 3.46. The monoisotopic (exact) mass is 244 g/mol. The molecule has 0 unspecified atom stereocenters. The predicted molar refractivity (Wildman–Crippen MR) is 73.7 cm³/mol. The van der Waals surface area contributed by atoms with Crippen LogP contribution >= 0.6 is 0 Å². The van der Waals surface area contributed by atoms with E-state index in [-0.39, 0.29) is 6.10 Å². The van der Waals surface area contributed by atoms with Crippen LogP contribution in [-0.2, 0) is 4.79 Å². The molecule has 2 nitrogen and oxygen atoms in total. The Balaban J connectivity index is 2.17. The Bertz CT molecular complexity index is 458. The van der Waals surface area contributed by atoms with E-state index in [1.165, 1.54) is 0 Å². The molecule has 1 aromatic carbocycles. The first-order valence-electron chi connectivity index (χ1n) is 6.65. The van der Waals surface area contributed by atoms with E-state index in [4.69, 9.17) is 4.74 Å². The summed E-state index contributed by atoms with van der Waals surface area (Å²) in [5.41, 5.74) is 2.02. The highest BCUT2D eigenvalue weighted by atomic mass is 16.5. The second kappa shape index (κ2) is 5.85. The van der Waals surface area contributed by atoms with Crippen molar-refractivity contribution in [1.82, 2.24) is 0 Å². The Kier molecular flexibility index (Phi) is 4.19. The number of carbonyl (C=O) groups excluding carboxylic acids is 1. The van der Waals surface area contributed by atoms with E-state index < -0.39 is 0 Å². The largest absolute Gasteiger partial charge is 0.491 e. The Labute approximate surface area is 109 Å². The standard InChI is InChI=1S/C16H20O2/c1-12(2)18-15-8-5-6-13(11-15)10-14-7-3-4-9-16(14)17/h5-6,8,10-12H,3-4,7,9H2,1-2H3. The van der Waals surface area contributed by atoms with Gasteiger partial charge in [0.25, 0.3) is 0 Å². The van der Waals surface area contributed by atoms with Crippen LogP contribution in [0.25, 0.3) is 6.08 Å². The number of hydrogen-bond acceptors (Lipinski definition) is 2. The number of Topliss-reactive ketones (excluding diaryl/α,β-unsaturated/α-hetero) is 1. The normalized spacial score (nSPS) is 18.4. The zero-order chi connectivity index (χ0) is 13.0. The topological polar surface area (TPSA) is 26.3 Å². The minimum absolute atomic E-state index is 0.171. The number of rotatable bonds is 3. The van der Waals surface area contributed by atoms with Crippen LogP contribution in [0.4, 0.5) is 0 Å². The molecule has 0 spiro atoms. The molecule has 1 aromatic rings. The van der Waals surface area contributed by atoms with Crippen LogP contribution in [-0.4, -0.2) is 11.9 Å². The number of ketones is 1. The van der Waals surface area contributed by atoms with E-state index in [0.29, 0.717) is 12.2 Å². The van der Waals surface area contributed by atoms with Crippen LogP contribution < -0.4 is 4.74 Å². The second-order valence-electron chi connectivity index (χ2n) is 5.04. The van der Waals surface area contributed by atoms with Crippen LogP contribution in [0.15, 0.2) is 29.8 Å². The molecule has 18 heavy (non-hydrogen) atoms. The lowest BCUT2D eigenvalue weighted by Gasteiger charge is -2.13. The Morgan fingerprint density at radius 2 is 2.00 bits per heavy atom. The molecule has 1 saturated carbocycles. The summed E-state index contributed by atoms with van der Waals surface area (Å²) in [7, 11) is 0. The summed E-state index contributed by atoms with van der Waals surface area (Å²) >= 11 is 0. The lowest BCUT2D eigenvalue weighted by molar-refractivity contribution is -0.116. The molecule has 0 aromatic heterocycles. The quantitative estimate of drug-likeness (QED) is 0.751. The van der Waals surface area contributed by atoms with Gasteiger partial charge in [-0.1, -0.05) is 12.1 Å². The van der Waals surface area contributed by atoms with Crippen molar-refractivity contribution in [2.24, 2.45) is 0 Å². The van der Waals surface area contributed by atoms with Crippen molar-refractivity contribution >= 4 is 11.9 Å². The van der Waals surface area contributed by atoms with Gasteiger partial charge in [0.1, 0.15) is 5.75 Å². The highest BCUT2D eigenvalue weighted by Gasteiger charge is 2.14. The number of carbonyl (C=O) groups is 1. The molecule has 1 fully saturated rings. The molecule has 0 atom stereocenters. The van der Waals surface area contributed by atoms with Gasteiger partial charge in [-0.05, 0) is 62.5 Å². The van der Waals surface area contributed by atoms with Crippen LogP contribution in [0.5, 0.6) is 5.75 Å². The fourth-order valence-electron chi connectivity index (χ4n) is 2.20. The lowest BCUT2D eigenvalue weighted by atomic mass is 9.92. The third-order valence-corrected chi connectivity index (χ3v) is 3.03. The Hall–Kier alpha value is -1.57. The van der Waals surface area contributed by atoms with E-state index >= 15 is 0 Å². The summed E-state index contributed by atoms with van der Waals surface area (Å²) in [6.45, 7) is 4.02. The average molecular weight is 244 g/mol. The first kappa shape index (κ1) is 12.9. The van der Waals surface area contributed by atoms with Gasteiger partial charge in [0.05, 0.1) is 6.10 Å². The zero-order valence-electron chi connectivity index (χ0n) is 11.1. The van der Waals surface area contributed by atoms with Crippen LogP contribution in [0.3, 0.4) is 0 Å². The van der Waals surface area contributed by atoms with Gasteiger partial charge in [-0.3, -0.25) is 4.79 Å². The number of ether oxygens (including phenoxy) is 1. The summed E-state index contributed by atoms with van der Waals surface area (Å²) in [4.78, 5) is 11.8. The Morgan fingerprint density at radius 3 is 2.72 bits per heavy atom. The smallest absolute Gasteiger partial charge is 0.158 e. The van der Waals surface area contributed by atoms with E-state index in [1.807, 2.05) is 44.2 Å². The third-order valence-electron chi connectivity index (χ3n) is 3.03. The van der Waals surface area contributed by atoms with E-state index in [0.717, 1.165) is 36.1 Å². The molecule has 2 rings (SSSR count). The van der Waals surface area contributed by atoms with Gasteiger partial charge in [-0.25, -0.2) is 0 Å². The second-order valence-corrected chi connectivity index (χ2v) is 5.04. The molecular formula is C16H20O2. The molecule has 1 aliphatic rings. The molecule has 1 aliphatic carbocycles. The van der Waals surface area contributed by atoms with Crippen molar-refractivity contribution in [3.05, 3.63) is 35.4 Å². The van der Waals surface area contributed by atoms with Crippen molar-refractivity contribution in [2.45, 2.75) is 45.6 Å². The van der Waals surface area contributed by atoms with Gasteiger partial charge >= 0.3 is 0 Å². The van der Waals surface area contributed by atoms with Gasteiger partial charge in [-0.2, -0.15) is 0 Å². The van der Waals surface area contributed by atoms with Gasteiger partial charge in [0, 0.05) is 6.42 Å². The van der Waals surface area contributed by atoms with E-state index in [1.54, 1.807) is 0 Å². The number of hydrogen-bond donors (Lipinski definition) is 0. The fourth-order valence-corrected chi connectivity index (χ4v) is 2.20. The average Bonchev–Trinajstić information content (AvgIpc) is 2.32. The number of allylic oxidation sites excluding steroid dienone is 1. The maximum absolute atomic E-state index is 11.8. The highest BCUT2D eigenvalue weighted by Crippen LogP contribution is 2.23. The minimum atomic E-state index is 0.171.